The SMILES string of the molecule is CCOC(=O)/C=C(\C)c1ccc(CCC(C)NCC(O)c2cccnc2)s1. The zero-order valence-electron chi connectivity index (χ0n) is 16.1. The van der Waals surface area contributed by atoms with Gasteiger partial charge in [-0.25, -0.2) is 4.79 Å². The Morgan fingerprint density at radius 3 is 2.93 bits per heavy atom. The number of pyridine rings is 1. The number of aromatic nitrogens is 1. The number of thiophene rings is 1. The molecule has 2 aromatic heterocycles. The highest BCUT2D eigenvalue weighted by atomic mass is 32.1. The number of nitrogens with one attached hydrogen (secondary N) is 1. The van der Waals surface area contributed by atoms with Crippen LogP contribution in [0.2, 0.25) is 0 Å². The summed E-state index contributed by atoms with van der Waals surface area (Å²) in [4.78, 5) is 18.0. The second kappa shape index (κ2) is 11.0. The van der Waals surface area contributed by atoms with E-state index in [9.17, 15) is 9.90 Å². The number of allylic oxidation sites excluding steroid dienone is 1. The van der Waals surface area contributed by atoms with Crippen molar-refractivity contribution in [1.29, 1.82) is 0 Å². The maximum atomic E-state index is 11.6. The van der Waals surface area contributed by atoms with Gasteiger partial charge in [-0.15, -0.1) is 11.3 Å². The van der Waals surface area contributed by atoms with Crippen molar-refractivity contribution in [2.75, 3.05) is 13.2 Å². The maximum Gasteiger partial charge on any atom is 0.331 e. The molecule has 0 aliphatic rings. The van der Waals surface area contributed by atoms with E-state index in [0.717, 1.165) is 28.9 Å². The Balaban J connectivity index is 1.78. The van der Waals surface area contributed by atoms with E-state index >= 15 is 0 Å². The van der Waals surface area contributed by atoms with Crippen LogP contribution >= 0.6 is 11.3 Å². The van der Waals surface area contributed by atoms with Crippen LogP contribution in [0.25, 0.3) is 5.57 Å². The Labute approximate surface area is 165 Å². The summed E-state index contributed by atoms with van der Waals surface area (Å²) in [6.07, 6.45) is 6.31. The molecule has 146 valence electrons. The molecular weight excluding hydrogens is 360 g/mol. The zero-order valence-corrected chi connectivity index (χ0v) is 17.0. The molecule has 0 saturated heterocycles. The predicted octanol–water partition coefficient (Wildman–Crippen LogP) is 3.75. The van der Waals surface area contributed by atoms with Crippen LogP contribution in [0.4, 0.5) is 0 Å². The number of esters is 1. The third-order valence-corrected chi connectivity index (χ3v) is 5.50. The van der Waals surface area contributed by atoms with E-state index in [2.05, 4.69) is 29.4 Å². The van der Waals surface area contributed by atoms with Crippen LogP contribution in [0.3, 0.4) is 0 Å². The first-order chi connectivity index (χ1) is 13.0. The minimum Gasteiger partial charge on any atom is -0.463 e. The van der Waals surface area contributed by atoms with E-state index in [-0.39, 0.29) is 12.0 Å². The normalized spacial score (nSPS) is 14.0. The van der Waals surface area contributed by atoms with Crippen molar-refractivity contribution < 1.29 is 14.6 Å². The summed E-state index contributed by atoms with van der Waals surface area (Å²) in [6.45, 7) is 6.74. The van der Waals surface area contributed by atoms with Crippen LogP contribution in [0.1, 0.15) is 48.6 Å². The molecule has 2 unspecified atom stereocenters. The molecule has 2 N–H and O–H groups in total. The Morgan fingerprint density at radius 1 is 1.41 bits per heavy atom. The van der Waals surface area contributed by atoms with E-state index in [1.54, 1.807) is 36.7 Å². The molecule has 27 heavy (non-hydrogen) atoms. The standard InChI is InChI=1S/C21H28N2O3S/c1-4-26-21(25)12-15(2)20-10-9-18(27-20)8-7-16(3)23-14-19(24)17-6-5-11-22-13-17/h5-6,9-13,16,19,23-24H,4,7-8,14H2,1-3H3/b15-12+. The van der Waals surface area contributed by atoms with Gasteiger partial charge in [0.25, 0.3) is 0 Å². The topological polar surface area (TPSA) is 71.5 Å². The van der Waals surface area contributed by atoms with Crippen LogP contribution < -0.4 is 5.32 Å². The number of carbonyl (C=O) groups is 1. The molecule has 0 spiro atoms. The molecule has 2 atom stereocenters. The van der Waals surface area contributed by atoms with Gasteiger partial charge in [0.2, 0.25) is 0 Å². The van der Waals surface area contributed by atoms with Crippen molar-refractivity contribution >= 4 is 22.9 Å². The van der Waals surface area contributed by atoms with Gasteiger partial charge in [-0.1, -0.05) is 6.07 Å². The number of rotatable bonds is 10. The summed E-state index contributed by atoms with van der Waals surface area (Å²) in [5, 5.41) is 13.6. The minimum absolute atomic E-state index is 0.290. The number of ether oxygens (including phenoxy) is 1. The minimum atomic E-state index is -0.551. The molecular formula is C21H28N2O3S. The van der Waals surface area contributed by atoms with E-state index in [0.29, 0.717) is 13.2 Å². The van der Waals surface area contributed by atoms with Gasteiger partial charge in [0.05, 0.1) is 12.7 Å². The highest BCUT2D eigenvalue weighted by molar-refractivity contribution is 7.13. The molecule has 0 saturated carbocycles. The second-order valence-corrected chi connectivity index (χ2v) is 7.66. The first-order valence-corrected chi connectivity index (χ1v) is 10.1. The molecule has 5 nitrogen and oxygen atoms in total. The average molecular weight is 389 g/mol. The predicted molar refractivity (Wildman–Crippen MR) is 110 cm³/mol. The lowest BCUT2D eigenvalue weighted by Gasteiger charge is -2.17. The lowest BCUT2D eigenvalue weighted by Crippen LogP contribution is -2.30. The molecule has 2 heterocycles. The zero-order chi connectivity index (χ0) is 19.6. The summed E-state index contributed by atoms with van der Waals surface area (Å²) in [7, 11) is 0. The van der Waals surface area contributed by atoms with Gasteiger partial charge in [-0.05, 0) is 57.4 Å². The number of hydrogen-bond acceptors (Lipinski definition) is 6. The van der Waals surface area contributed by atoms with Crippen molar-refractivity contribution in [2.45, 2.75) is 45.8 Å². The molecule has 2 rings (SSSR count). The van der Waals surface area contributed by atoms with Crippen molar-refractivity contribution in [1.82, 2.24) is 10.3 Å². The molecule has 0 fully saturated rings. The monoisotopic (exact) mass is 388 g/mol. The van der Waals surface area contributed by atoms with Gasteiger partial charge in [0.15, 0.2) is 0 Å². The van der Waals surface area contributed by atoms with E-state index in [1.165, 1.54) is 4.88 Å². The summed E-state index contributed by atoms with van der Waals surface area (Å²) >= 11 is 1.70. The quantitative estimate of drug-likeness (QED) is 0.479. The molecule has 0 aliphatic carbocycles. The van der Waals surface area contributed by atoms with Gasteiger partial charge in [-0.3, -0.25) is 4.98 Å². The fourth-order valence-electron chi connectivity index (χ4n) is 2.62. The van der Waals surface area contributed by atoms with Crippen LogP contribution in [0.5, 0.6) is 0 Å². The van der Waals surface area contributed by atoms with Crippen molar-refractivity contribution in [3.8, 4) is 0 Å². The second-order valence-electron chi connectivity index (χ2n) is 6.50. The van der Waals surface area contributed by atoms with Crippen molar-refractivity contribution in [2.24, 2.45) is 0 Å². The summed E-state index contributed by atoms with van der Waals surface area (Å²) in [5.41, 5.74) is 1.75. The lowest BCUT2D eigenvalue weighted by molar-refractivity contribution is -0.137. The fourth-order valence-corrected chi connectivity index (χ4v) is 3.62. The van der Waals surface area contributed by atoms with Crippen molar-refractivity contribution in [3.63, 3.8) is 0 Å². The number of nitrogens with zero attached hydrogens (tertiary/aromatic N) is 1. The molecule has 6 heteroatoms. The summed E-state index contributed by atoms with van der Waals surface area (Å²) in [5.74, 6) is -0.296. The molecule has 0 aliphatic heterocycles. The molecule has 0 bridgehead atoms. The largest absolute Gasteiger partial charge is 0.463 e. The summed E-state index contributed by atoms with van der Waals surface area (Å²) < 4.78 is 4.95. The van der Waals surface area contributed by atoms with Gasteiger partial charge >= 0.3 is 5.97 Å². The van der Waals surface area contributed by atoms with E-state index < -0.39 is 6.10 Å². The Kier molecular flexibility index (Phi) is 8.64. The number of hydrogen-bond donors (Lipinski definition) is 2. The molecule has 2 aromatic rings. The number of aliphatic hydroxyl groups is 1. The van der Waals surface area contributed by atoms with E-state index in [1.807, 2.05) is 19.1 Å². The average Bonchev–Trinajstić information content (AvgIpc) is 3.14. The third-order valence-electron chi connectivity index (χ3n) is 4.22. The molecule has 0 amide bonds. The fraction of sp³-hybridized carbons (Fsp3) is 0.429. The highest BCUT2D eigenvalue weighted by Crippen LogP contribution is 2.25. The Bertz CT molecular complexity index is 743. The van der Waals surface area contributed by atoms with Gasteiger partial charge in [0, 0.05) is 46.4 Å². The van der Waals surface area contributed by atoms with Crippen LogP contribution in [-0.4, -0.2) is 35.3 Å². The third kappa shape index (κ3) is 7.25. The van der Waals surface area contributed by atoms with Crippen LogP contribution in [0.15, 0.2) is 42.7 Å². The van der Waals surface area contributed by atoms with Gasteiger partial charge < -0.3 is 15.2 Å². The van der Waals surface area contributed by atoms with Crippen LogP contribution in [0, 0.1) is 0 Å². The first kappa shape index (κ1) is 21.3. The van der Waals surface area contributed by atoms with Gasteiger partial charge in [0.1, 0.15) is 0 Å². The highest BCUT2D eigenvalue weighted by Gasteiger charge is 2.10. The van der Waals surface area contributed by atoms with Crippen LogP contribution in [-0.2, 0) is 16.0 Å². The number of carbonyl (C=O) groups excluding carboxylic acids is 1. The Hall–Kier alpha value is -2.02. The Morgan fingerprint density at radius 2 is 2.22 bits per heavy atom. The van der Waals surface area contributed by atoms with E-state index in [4.69, 9.17) is 4.74 Å². The maximum absolute atomic E-state index is 11.6. The lowest BCUT2D eigenvalue weighted by atomic mass is 10.1. The smallest absolute Gasteiger partial charge is 0.331 e. The first-order valence-electron chi connectivity index (χ1n) is 9.25. The summed E-state index contributed by atoms with van der Waals surface area (Å²) in [6, 6.07) is 8.16. The number of aryl methyl sites for hydroxylation is 1. The molecule has 0 aromatic carbocycles. The van der Waals surface area contributed by atoms with Gasteiger partial charge in [-0.2, -0.15) is 0 Å². The number of aliphatic hydroxyl groups excluding tert-OH is 1. The molecule has 0 radical (unpaired) electrons. The van der Waals surface area contributed by atoms with Crippen molar-refractivity contribution in [3.05, 3.63) is 58.1 Å².